The van der Waals surface area contributed by atoms with Crippen LogP contribution in [0.3, 0.4) is 0 Å². The van der Waals surface area contributed by atoms with Gasteiger partial charge in [0.05, 0.1) is 37.4 Å². The number of nitrogens with one attached hydrogen (secondary N) is 1. The lowest BCUT2D eigenvalue weighted by atomic mass is 10.0. The van der Waals surface area contributed by atoms with Gasteiger partial charge in [-0.3, -0.25) is 24.5 Å². The summed E-state index contributed by atoms with van der Waals surface area (Å²) in [5.41, 5.74) is 2.72. The van der Waals surface area contributed by atoms with Gasteiger partial charge in [-0.05, 0) is 42.2 Å². The van der Waals surface area contributed by atoms with E-state index >= 15 is 0 Å². The van der Waals surface area contributed by atoms with Crippen LogP contribution in [0.2, 0.25) is 0 Å². The van der Waals surface area contributed by atoms with Crippen LogP contribution in [-0.2, 0) is 17.9 Å². The van der Waals surface area contributed by atoms with Gasteiger partial charge in [0.1, 0.15) is 11.4 Å². The van der Waals surface area contributed by atoms with E-state index in [1.54, 1.807) is 24.3 Å². The number of alkyl halides is 3. The lowest BCUT2D eigenvalue weighted by Gasteiger charge is -2.33. The van der Waals surface area contributed by atoms with Crippen molar-refractivity contribution in [3.8, 4) is 5.75 Å². The molecule has 7 rings (SSSR count). The molecule has 4 amide bonds. The Kier molecular flexibility index (Phi) is 7.46. The summed E-state index contributed by atoms with van der Waals surface area (Å²) in [5.74, 6) is -0.280. The van der Waals surface area contributed by atoms with Crippen LogP contribution in [0.25, 0.3) is 10.9 Å². The van der Waals surface area contributed by atoms with Crippen LogP contribution < -0.4 is 15.0 Å². The number of halogens is 3. The number of amides is 4. The standard InChI is InChI=1S/C32H32F3N7O4/c1-46-27-16-25-22(15-26(27)39-10-3-2-4-28(39)32(33,34)35)18-40(37-25)23-7-11-38(12-8-23)17-20-5-6-24-21(14-20)19-42(30(24)44)41-13-9-29(43)36-31(41)45/h2-6,14-16,18,23H,7-13,17,19H2,1H3,(H,36,43,45). The molecule has 4 aliphatic rings. The average Bonchev–Trinajstić information content (AvgIpc) is 3.60. The fourth-order valence-corrected chi connectivity index (χ4v) is 6.65. The van der Waals surface area contributed by atoms with E-state index in [1.807, 2.05) is 23.0 Å². The molecule has 0 aliphatic carbocycles. The van der Waals surface area contributed by atoms with Crippen LogP contribution in [0, 0.1) is 0 Å². The normalized spacial score (nSPS) is 19.6. The number of carbonyl (C=O) groups excluding carboxylic acids is 3. The third kappa shape index (κ3) is 5.46. The van der Waals surface area contributed by atoms with Gasteiger partial charge in [-0.1, -0.05) is 24.3 Å². The zero-order valence-corrected chi connectivity index (χ0v) is 25.1. The number of methoxy groups -OCH3 is 1. The monoisotopic (exact) mass is 635 g/mol. The highest BCUT2D eigenvalue weighted by molar-refractivity contribution is 6.02. The number of hydrogen-bond acceptors (Lipinski definition) is 7. The maximum Gasteiger partial charge on any atom is 0.431 e. The molecular weight excluding hydrogens is 603 g/mol. The molecule has 3 aromatic rings. The number of ether oxygens (including phenoxy) is 1. The van der Waals surface area contributed by atoms with Crippen molar-refractivity contribution in [2.24, 2.45) is 0 Å². The van der Waals surface area contributed by atoms with Crippen molar-refractivity contribution in [3.63, 3.8) is 0 Å². The maximum absolute atomic E-state index is 13.8. The fraction of sp³-hybridized carbons (Fsp3) is 0.375. The number of imide groups is 1. The summed E-state index contributed by atoms with van der Waals surface area (Å²) in [4.78, 5) is 40.4. The highest BCUT2D eigenvalue weighted by Crippen LogP contribution is 2.40. The van der Waals surface area contributed by atoms with Crippen LogP contribution in [0.15, 0.2) is 60.5 Å². The number of allylic oxidation sites excluding steroid dienone is 3. The van der Waals surface area contributed by atoms with Gasteiger partial charge >= 0.3 is 12.2 Å². The molecular formula is C32H32F3N7O4. The van der Waals surface area contributed by atoms with Crippen molar-refractivity contribution in [1.82, 2.24) is 30.0 Å². The van der Waals surface area contributed by atoms with Crippen LogP contribution in [0.4, 0.5) is 23.7 Å². The number of piperidine rings is 1. The second-order valence-corrected chi connectivity index (χ2v) is 11.9. The van der Waals surface area contributed by atoms with Gasteiger partial charge in [-0.25, -0.2) is 14.8 Å². The van der Waals surface area contributed by atoms with E-state index in [0.29, 0.717) is 29.1 Å². The van der Waals surface area contributed by atoms with Gasteiger partial charge in [0, 0.05) is 55.8 Å². The fourth-order valence-electron chi connectivity index (χ4n) is 6.65. The first-order valence-electron chi connectivity index (χ1n) is 15.1. The van der Waals surface area contributed by atoms with Crippen molar-refractivity contribution in [3.05, 3.63) is 77.1 Å². The summed E-state index contributed by atoms with van der Waals surface area (Å²) in [7, 11) is 1.44. The Morgan fingerprint density at radius 2 is 1.85 bits per heavy atom. The second kappa shape index (κ2) is 11.5. The number of rotatable bonds is 6. The molecule has 4 aliphatic heterocycles. The Morgan fingerprint density at radius 1 is 1.04 bits per heavy atom. The SMILES string of the molecule is COc1cc2nn(C3CCN(Cc4ccc5c(c4)CN(N4CCC(=O)NC4=O)C5=O)CC3)cc2cc1N1CC=CC=C1C(F)(F)F. The summed E-state index contributed by atoms with van der Waals surface area (Å²) >= 11 is 0. The zero-order chi connectivity index (χ0) is 32.2. The Bertz CT molecular complexity index is 1790. The van der Waals surface area contributed by atoms with E-state index in [-0.39, 0.29) is 43.9 Å². The predicted octanol–water partition coefficient (Wildman–Crippen LogP) is 4.52. The van der Waals surface area contributed by atoms with Gasteiger partial charge in [0.25, 0.3) is 5.91 Å². The summed E-state index contributed by atoms with van der Waals surface area (Å²) in [6, 6.07) is 8.71. The number of fused-ring (bicyclic) bond motifs is 2. The minimum absolute atomic E-state index is 0.0797. The Labute approximate surface area is 262 Å². The predicted molar refractivity (Wildman–Crippen MR) is 162 cm³/mol. The number of urea groups is 1. The van der Waals surface area contributed by atoms with Crippen molar-refractivity contribution in [2.45, 2.75) is 44.6 Å². The molecule has 240 valence electrons. The van der Waals surface area contributed by atoms with Crippen LogP contribution in [0.1, 0.15) is 46.8 Å². The minimum atomic E-state index is -4.51. The van der Waals surface area contributed by atoms with Gasteiger partial charge in [0.15, 0.2) is 0 Å². The van der Waals surface area contributed by atoms with E-state index in [0.717, 1.165) is 48.5 Å². The quantitative estimate of drug-likeness (QED) is 0.425. The molecule has 46 heavy (non-hydrogen) atoms. The Hall–Kier alpha value is -4.85. The lowest BCUT2D eigenvalue weighted by molar-refractivity contribution is -0.123. The van der Waals surface area contributed by atoms with E-state index < -0.39 is 17.9 Å². The Morgan fingerprint density at radius 3 is 2.59 bits per heavy atom. The van der Waals surface area contributed by atoms with Gasteiger partial charge in [0.2, 0.25) is 5.91 Å². The first-order valence-corrected chi connectivity index (χ1v) is 15.1. The number of nitrogens with zero attached hydrogens (tertiary/aromatic N) is 6. The van der Waals surface area contributed by atoms with Crippen LogP contribution in [-0.4, -0.2) is 82.0 Å². The highest BCUT2D eigenvalue weighted by Gasteiger charge is 2.40. The van der Waals surface area contributed by atoms with Crippen molar-refractivity contribution >= 4 is 34.4 Å². The third-order valence-corrected chi connectivity index (χ3v) is 8.99. The number of benzene rings is 2. The molecule has 1 N–H and O–H groups in total. The maximum atomic E-state index is 13.8. The van der Waals surface area contributed by atoms with Gasteiger partial charge < -0.3 is 9.64 Å². The van der Waals surface area contributed by atoms with Crippen molar-refractivity contribution < 1.29 is 32.3 Å². The number of anilines is 1. The molecule has 2 fully saturated rings. The summed E-state index contributed by atoms with van der Waals surface area (Å²) < 4.78 is 48.8. The van der Waals surface area contributed by atoms with Crippen molar-refractivity contribution in [1.29, 1.82) is 0 Å². The number of hydrogen-bond donors (Lipinski definition) is 1. The van der Waals surface area contributed by atoms with Crippen LogP contribution >= 0.6 is 0 Å². The molecule has 0 saturated carbocycles. The lowest BCUT2D eigenvalue weighted by Crippen LogP contribution is -2.56. The van der Waals surface area contributed by atoms with E-state index in [9.17, 15) is 27.6 Å². The third-order valence-electron chi connectivity index (χ3n) is 8.99. The molecule has 11 nitrogen and oxygen atoms in total. The van der Waals surface area contributed by atoms with Crippen molar-refractivity contribution in [2.75, 3.05) is 38.2 Å². The van der Waals surface area contributed by atoms with E-state index in [1.165, 1.54) is 28.1 Å². The molecule has 0 unspecified atom stereocenters. The molecule has 1 aromatic heterocycles. The molecule has 0 radical (unpaired) electrons. The number of likely N-dealkylation sites (tertiary alicyclic amines) is 1. The summed E-state index contributed by atoms with van der Waals surface area (Å²) in [5, 5.41) is 10.5. The van der Waals surface area contributed by atoms with E-state index in [4.69, 9.17) is 9.84 Å². The molecule has 14 heteroatoms. The summed E-state index contributed by atoms with van der Waals surface area (Å²) in [6.45, 7) is 2.86. The number of hydrazine groups is 1. The van der Waals surface area contributed by atoms with Gasteiger partial charge in [-0.2, -0.15) is 18.3 Å². The first-order chi connectivity index (χ1) is 22.1. The van der Waals surface area contributed by atoms with E-state index in [2.05, 4.69) is 10.2 Å². The smallest absolute Gasteiger partial charge is 0.431 e. The molecule has 2 aromatic carbocycles. The minimum Gasteiger partial charge on any atom is -0.494 e. The molecule has 0 atom stereocenters. The molecule has 5 heterocycles. The summed E-state index contributed by atoms with van der Waals surface area (Å²) in [6.07, 6.45) is 3.38. The highest BCUT2D eigenvalue weighted by atomic mass is 19.4. The molecule has 0 bridgehead atoms. The molecule has 2 saturated heterocycles. The largest absolute Gasteiger partial charge is 0.494 e. The first kappa shape index (κ1) is 29.8. The van der Waals surface area contributed by atoms with Gasteiger partial charge in [-0.15, -0.1) is 0 Å². The number of carbonyl (C=O) groups is 3. The molecule has 0 spiro atoms. The topological polar surface area (TPSA) is 103 Å². The number of aromatic nitrogens is 2. The average molecular weight is 636 g/mol. The zero-order valence-electron chi connectivity index (χ0n) is 25.1. The Balaban J connectivity index is 1.01. The second-order valence-electron chi connectivity index (χ2n) is 11.9. The van der Waals surface area contributed by atoms with Crippen LogP contribution in [0.5, 0.6) is 5.75 Å².